The minimum atomic E-state index is -1.61. The van der Waals surface area contributed by atoms with E-state index in [-0.39, 0.29) is 11.9 Å². The number of rotatable bonds is 4. The van der Waals surface area contributed by atoms with Gasteiger partial charge in [0.05, 0.1) is 0 Å². The number of carboxylic acid groups (broad SMARTS) is 1. The number of aliphatic carboxylic acids is 1. The Bertz CT molecular complexity index is 399. The van der Waals surface area contributed by atoms with Gasteiger partial charge in [0.15, 0.2) is 0 Å². The van der Waals surface area contributed by atoms with E-state index < -0.39 is 19.1 Å². The van der Waals surface area contributed by atoms with Gasteiger partial charge in [-0.2, -0.15) is 0 Å². The summed E-state index contributed by atoms with van der Waals surface area (Å²) >= 11 is 5.84. The predicted octanol–water partition coefficient (Wildman–Crippen LogP) is -1.03. The van der Waals surface area contributed by atoms with Gasteiger partial charge in [0.25, 0.3) is 0 Å². The Hall–Kier alpha value is -1.08. The minimum absolute atomic E-state index is 0.0364. The Morgan fingerprint density at radius 1 is 1.50 bits per heavy atom. The van der Waals surface area contributed by atoms with Crippen LogP contribution < -0.4 is 11.2 Å². The van der Waals surface area contributed by atoms with Crippen molar-refractivity contribution in [2.75, 3.05) is 0 Å². The molecule has 1 aromatic rings. The maximum atomic E-state index is 10.6. The minimum Gasteiger partial charge on any atom is -0.480 e. The molecule has 0 aliphatic heterocycles. The molecule has 0 aliphatic carbocycles. The summed E-state index contributed by atoms with van der Waals surface area (Å²) in [6.45, 7) is 0. The summed E-state index contributed by atoms with van der Waals surface area (Å²) in [4.78, 5) is 10.6. The number of hydrogen-bond acceptors (Lipinski definition) is 4. The number of carboxylic acids is 1. The van der Waals surface area contributed by atoms with Gasteiger partial charge in [-0.25, -0.2) is 0 Å². The fraction of sp³-hybridized carbons (Fsp3) is 0.222. The van der Waals surface area contributed by atoms with E-state index in [4.69, 9.17) is 32.5 Å². The fourth-order valence-electron chi connectivity index (χ4n) is 1.24. The quantitative estimate of drug-likeness (QED) is 0.507. The molecule has 86 valence electrons. The Morgan fingerprint density at radius 3 is 2.62 bits per heavy atom. The molecule has 0 fully saturated rings. The molecule has 0 amide bonds. The van der Waals surface area contributed by atoms with E-state index in [1.807, 2.05) is 0 Å². The normalized spacial score (nSPS) is 12.2. The van der Waals surface area contributed by atoms with Crippen LogP contribution in [0.2, 0.25) is 5.02 Å². The molecule has 0 spiro atoms. The molecule has 0 aromatic heterocycles. The molecule has 16 heavy (non-hydrogen) atoms. The number of carbonyl (C=O) groups is 1. The zero-order chi connectivity index (χ0) is 12.3. The molecule has 0 radical (unpaired) electrons. The SMILES string of the molecule is N[C@H](Cc1cc(B(O)O)ccc1Cl)C(=O)O. The molecule has 1 rings (SSSR count). The maximum Gasteiger partial charge on any atom is 0.488 e. The first kappa shape index (κ1) is 13.0. The van der Waals surface area contributed by atoms with Crippen molar-refractivity contribution in [3.63, 3.8) is 0 Å². The van der Waals surface area contributed by atoms with Crippen LogP contribution in [0.1, 0.15) is 5.56 Å². The number of halogens is 1. The Kier molecular flexibility index (Phi) is 4.31. The van der Waals surface area contributed by atoms with Crippen LogP contribution in [0, 0.1) is 0 Å². The Morgan fingerprint density at radius 2 is 2.12 bits per heavy atom. The second kappa shape index (κ2) is 5.31. The predicted molar refractivity (Wildman–Crippen MR) is 60.6 cm³/mol. The third kappa shape index (κ3) is 3.21. The second-order valence-electron chi connectivity index (χ2n) is 3.37. The van der Waals surface area contributed by atoms with Crippen LogP contribution in [-0.2, 0) is 11.2 Å². The number of benzene rings is 1. The lowest BCUT2D eigenvalue weighted by molar-refractivity contribution is -0.138. The van der Waals surface area contributed by atoms with Crippen LogP contribution in [0.15, 0.2) is 18.2 Å². The van der Waals surface area contributed by atoms with Crippen molar-refractivity contribution in [3.05, 3.63) is 28.8 Å². The molecule has 0 saturated heterocycles. The van der Waals surface area contributed by atoms with Gasteiger partial charge in [0.2, 0.25) is 0 Å². The van der Waals surface area contributed by atoms with Crippen LogP contribution >= 0.6 is 11.6 Å². The summed E-state index contributed by atoms with van der Waals surface area (Å²) in [5.41, 5.74) is 6.08. The first-order valence-electron chi connectivity index (χ1n) is 4.54. The highest BCUT2D eigenvalue weighted by Gasteiger charge is 2.17. The van der Waals surface area contributed by atoms with Gasteiger partial charge in [-0.15, -0.1) is 0 Å². The van der Waals surface area contributed by atoms with E-state index in [1.165, 1.54) is 18.2 Å². The van der Waals surface area contributed by atoms with Crippen LogP contribution in [-0.4, -0.2) is 34.3 Å². The van der Waals surface area contributed by atoms with Crippen molar-refractivity contribution in [1.82, 2.24) is 0 Å². The van der Waals surface area contributed by atoms with Gasteiger partial charge in [0.1, 0.15) is 6.04 Å². The van der Waals surface area contributed by atoms with Crippen molar-refractivity contribution in [2.24, 2.45) is 5.73 Å². The maximum absolute atomic E-state index is 10.6. The smallest absolute Gasteiger partial charge is 0.480 e. The number of hydrogen-bond donors (Lipinski definition) is 4. The van der Waals surface area contributed by atoms with Crippen LogP contribution in [0.4, 0.5) is 0 Å². The van der Waals surface area contributed by atoms with Gasteiger partial charge < -0.3 is 20.9 Å². The summed E-state index contributed by atoms with van der Waals surface area (Å²) in [6, 6.07) is 3.28. The van der Waals surface area contributed by atoms with Crippen molar-refractivity contribution < 1.29 is 19.9 Å². The molecular formula is C9H11BClNO4. The van der Waals surface area contributed by atoms with E-state index in [1.54, 1.807) is 0 Å². The van der Waals surface area contributed by atoms with E-state index in [0.29, 0.717) is 10.6 Å². The van der Waals surface area contributed by atoms with E-state index >= 15 is 0 Å². The lowest BCUT2D eigenvalue weighted by Gasteiger charge is -2.10. The summed E-state index contributed by atoms with van der Waals surface area (Å²) in [6.07, 6.45) is 0.0364. The second-order valence-corrected chi connectivity index (χ2v) is 3.78. The molecule has 5 nitrogen and oxygen atoms in total. The molecule has 0 heterocycles. The average molecular weight is 243 g/mol. The van der Waals surface area contributed by atoms with Crippen molar-refractivity contribution in [1.29, 1.82) is 0 Å². The van der Waals surface area contributed by atoms with Crippen LogP contribution in [0.25, 0.3) is 0 Å². The standard InChI is InChI=1S/C9H11BClNO4/c11-7-2-1-6(10(15)16)3-5(7)4-8(12)9(13)14/h1-3,8,15-16H,4,12H2,(H,13,14)/t8-/m1/s1. The number of nitrogens with two attached hydrogens (primary N) is 1. The monoisotopic (exact) mass is 243 g/mol. The van der Waals surface area contributed by atoms with Gasteiger partial charge in [-0.05, 0) is 23.5 Å². The molecule has 1 atom stereocenters. The Balaban J connectivity index is 2.94. The summed E-state index contributed by atoms with van der Waals surface area (Å²) in [5, 5.41) is 26.9. The topological polar surface area (TPSA) is 104 Å². The van der Waals surface area contributed by atoms with Crippen molar-refractivity contribution in [2.45, 2.75) is 12.5 Å². The highest BCUT2D eigenvalue weighted by atomic mass is 35.5. The summed E-state index contributed by atoms with van der Waals surface area (Å²) in [5.74, 6) is -1.13. The highest BCUT2D eigenvalue weighted by Crippen LogP contribution is 2.15. The molecule has 0 aliphatic rings. The third-order valence-corrected chi connectivity index (χ3v) is 2.49. The molecule has 1 aromatic carbocycles. The third-order valence-electron chi connectivity index (χ3n) is 2.12. The molecule has 7 heteroatoms. The Labute approximate surface area is 97.6 Å². The first-order valence-corrected chi connectivity index (χ1v) is 4.92. The average Bonchev–Trinajstić information content (AvgIpc) is 2.20. The zero-order valence-corrected chi connectivity index (χ0v) is 9.05. The van der Waals surface area contributed by atoms with Crippen molar-refractivity contribution in [3.8, 4) is 0 Å². The van der Waals surface area contributed by atoms with E-state index in [0.717, 1.165) is 0 Å². The molecular weight excluding hydrogens is 232 g/mol. The summed E-state index contributed by atoms with van der Waals surface area (Å²) < 4.78 is 0. The van der Waals surface area contributed by atoms with Crippen molar-refractivity contribution >= 4 is 30.2 Å². The van der Waals surface area contributed by atoms with E-state index in [2.05, 4.69) is 0 Å². The lowest BCUT2D eigenvalue weighted by atomic mass is 9.79. The summed E-state index contributed by atoms with van der Waals surface area (Å²) in [7, 11) is -1.61. The molecule has 0 bridgehead atoms. The van der Waals surface area contributed by atoms with Gasteiger partial charge in [-0.1, -0.05) is 23.7 Å². The lowest BCUT2D eigenvalue weighted by Crippen LogP contribution is -2.34. The largest absolute Gasteiger partial charge is 0.488 e. The van der Waals surface area contributed by atoms with Gasteiger partial charge in [-0.3, -0.25) is 4.79 Å². The molecule has 0 unspecified atom stereocenters. The first-order chi connectivity index (χ1) is 7.41. The molecule has 0 saturated carbocycles. The van der Waals surface area contributed by atoms with Gasteiger partial charge in [0, 0.05) is 5.02 Å². The fourth-order valence-corrected chi connectivity index (χ4v) is 1.43. The highest BCUT2D eigenvalue weighted by molar-refractivity contribution is 6.58. The van der Waals surface area contributed by atoms with Crippen LogP contribution in [0.5, 0.6) is 0 Å². The molecule has 5 N–H and O–H groups in total. The van der Waals surface area contributed by atoms with Crippen LogP contribution in [0.3, 0.4) is 0 Å². The van der Waals surface area contributed by atoms with Gasteiger partial charge >= 0.3 is 13.1 Å². The zero-order valence-electron chi connectivity index (χ0n) is 8.30. The van der Waals surface area contributed by atoms with E-state index in [9.17, 15) is 4.79 Å².